The fourth-order valence-electron chi connectivity index (χ4n) is 1.72. The zero-order valence-electron chi connectivity index (χ0n) is 9.60. The van der Waals surface area contributed by atoms with Crippen molar-refractivity contribution in [3.8, 4) is 11.3 Å². The largest absolute Gasteiger partial charge is 0.364 e. The third kappa shape index (κ3) is 2.33. The highest BCUT2D eigenvalue weighted by Crippen LogP contribution is 2.20. The lowest BCUT2D eigenvalue weighted by atomic mass is 10.0. The second-order valence-corrected chi connectivity index (χ2v) is 3.83. The van der Waals surface area contributed by atoms with Crippen molar-refractivity contribution in [2.45, 2.75) is 19.8 Å². The van der Waals surface area contributed by atoms with Crippen molar-refractivity contribution < 1.29 is 4.79 Å². The van der Waals surface area contributed by atoms with Crippen LogP contribution in [0, 0.1) is 0 Å². The molecule has 1 aromatic carbocycles. The molecule has 0 unspecified atom stereocenters. The van der Waals surface area contributed by atoms with Crippen molar-refractivity contribution in [3.05, 3.63) is 35.5 Å². The summed E-state index contributed by atoms with van der Waals surface area (Å²) >= 11 is 0. The Balaban J connectivity index is 2.33. The lowest BCUT2D eigenvalue weighted by molar-refractivity contribution is 0.0996. The summed E-state index contributed by atoms with van der Waals surface area (Å²) < 4.78 is 0. The number of nitrogens with two attached hydrogens (primary N) is 1. The van der Waals surface area contributed by atoms with Crippen LogP contribution in [0.15, 0.2) is 24.3 Å². The number of hydrogen-bond acceptors (Lipinski definition) is 3. The molecule has 0 aliphatic heterocycles. The van der Waals surface area contributed by atoms with E-state index in [0.717, 1.165) is 18.4 Å². The van der Waals surface area contributed by atoms with Crippen LogP contribution in [-0.2, 0) is 6.42 Å². The first-order valence-corrected chi connectivity index (χ1v) is 5.52. The number of carbonyl (C=O) groups is 1. The molecule has 0 spiro atoms. The number of aryl methyl sites for hydroxylation is 1. The highest BCUT2D eigenvalue weighted by atomic mass is 16.1. The lowest BCUT2D eigenvalue weighted by Crippen LogP contribution is -2.12. The first-order valence-electron chi connectivity index (χ1n) is 5.52. The SMILES string of the molecule is CCCc1ccc(-c2n[nH]nc2C(N)=O)cc1. The van der Waals surface area contributed by atoms with E-state index in [-0.39, 0.29) is 5.69 Å². The van der Waals surface area contributed by atoms with E-state index in [0.29, 0.717) is 5.69 Å². The van der Waals surface area contributed by atoms with Crippen LogP contribution in [0.2, 0.25) is 0 Å². The summed E-state index contributed by atoms with van der Waals surface area (Å²) in [5, 5.41) is 10.1. The van der Waals surface area contributed by atoms with Gasteiger partial charge in [0.25, 0.3) is 5.91 Å². The Morgan fingerprint density at radius 1 is 1.29 bits per heavy atom. The summed E-state index contributed by atoms with van der Waals surface area (Å²) in [7, 11) is 0. The molecule has 0 saturated heterocycles. The van der Waals surface area contributed by atoms with Crippen molar-refractivity contribution in [1.29, 1.82) is 0 Å². The molecule has 0 aliphatic carbocycles. The number of primary amides is 1. The zero-order valence-corrected chi connectivity index (χ0v) is 9.60. The van der Waals surface area contributed by atoms with Crippen LogP contribution in [0.5, 0.6) is 0 Å². The second-order valence-electron chi connectivity index (χ2n) is 3.83. The maximum Gasteiger partial charge on any atom is 0.271 e. The Bertz CT molecular complexity index is 516. The fourth-order valence-corrected chi connectivity index (χ4v) is 1.72. The molecule has 2 aromatic rings. The van der Waals surface area contributed by atoms with Crippen LogP contribution >= 0.6 is 0 Å². The highest BCUT2D eigenvalue weighted by molar-refractivity contribution is 5.96. The molecule has 0 fully saturated rings. The number of rotatable bonds is 4. The van der Waals surface area contributed by atoms with Crippen LogP contribution in [-0.4, -0.2) is 21.3 Å². The van der Waals surface area contributed by atoms with E-state index in [1.165, 1.54) is 5.56 Å². The molecule has 5 heteroatoms. The lowest BCUT2D eigenvalue weighted by Gasteiger charge is -2.01. The summed E-state index contributed by atoms with van der Waals surface area (Å²) in [4.78, 5) is 11.1. The predicted molar refractivity (Wildman–Crippen MR) is 64.3 cm³/mol. The van der Waals surface area contributed by atoms with Gasteiger partial charge in [0.2, 0.25) is 0 Å². The van der Waals surface area contributed by atoms with E-state index in [1.54, 1.807) is 0 Å². The van der Waals surface area contributed by atoms with Crippen LogP contribution in [0.1, 0.15) is 29.4 Å². The minimum absolute atomic E-state index is 0.174. The number of nitrogens with one attached hydrogen (secondary N) is 1. The third-order valence-corrected chi connectivity index (χ3v) is 2.55. The molecule has 0 aliphatic rings. The van der Waals surface area contributed by atoms with Gasteiger partial charge in [0.1, 0.15) is 5.69 Å². The number of hydrogen-bond donors (Lipinski definition) is 2. The minimum atomic E-state index is -0.577. The predicted octanol–water partition coefficient (Wildman–Crippen LogP) is 1.52. The molecule has 1 amide bonds. The van der Waals surface area contributed by atoms with Crippen molar-refractivity contribution in [1.82, 2.24) is 15.4 Å². The molecular weight excluding hydrogens is 216 g/mol. The normalized spacial score (nSPS) is 10.4. The minimum Gasteiger partial charge on any atom is -0.364 e. The maximum atomic E-state index is 11.1. The van der Waals surface area contributed by atoms with Gasteiger partial charge in [0.05, 0.1) is 0 Å². The molecule has 0 bridgehead atoms. The average molecular weight is 230 g/mol. The summed E-state index contributed by atoms with van der Waals surface area (Å²) in [6.45, 7) is 2.14. The Hall–Kier alpha value is -2.17. The maximum absolute atomic E-state index is 11.1. The second kappa shape index (κ2) is 4.78. The van der Waals surface area contributed by atoms with Crippen LogP contribution < -0.4 is 5.73 Å². The molecule has 0 saturated carbocycles. The smallest absolute Gasteiger partial charge is 0.271 e. The molecule has 0 atom stereocenters. The molecule has 2 rings (SSSR count). The Kier molecular flexibility index (Phi) is 3.18. The van der Waals surface area contributed by atoms with Crippen molar-refractivity contribution in [2.75, 3.05) is 0 Å². The van der Waals surface area contributed by atoms with Gasteiger partial charge in [-0.25, -0.2) is 0 Å². The number of carbonyl (C=O) groups excluding carboxylic acids is 1. The number of aromatic amines is 1. The van der Waals surface area contributed by atoms with Crippen LogP contribution in [0.4, 0.5) is 0 Å². The summed E-state index contributed by atoms with van der Waals surface area (Å²) in [6.07, 6.45) is 2.15. The van der Waals surface area contributed by atoms with E-state index >= 15 is 0 Å². The number of H-pyrrole nitrogens is 1. The molecule has 1 aromatic heterocycles. The molecule has 17 heavy (non-hydrogen) atoms. The van der Waals surface area contributed by atoms with E-state index in [2.05, 4.69) is 22.3 Å². The highest BCUT2D eigenvalue weighted by Gasteiger charge is 2.14. The number of amides is 1. The van der Waals surface area contributed by atoms with E-state index in [9.17, 15) is 4.79 Å². The van der Waals surface area contributed by atoms with Gasteiger partial charge in [-0.2, -0.15) is 15.4 Å². The number of nitrogens with zero attached hydrogens (tertiary/aromatic N) is 2. The molecule has 88 valence electrons. The Morgan fingerprint density at radius 3 is 2.59 bits per heavy atom. The van der Waals surface area contributed by atoms with Gasteiger partial charge in [0.15, 0.2) is 5.69 Å². The van der Waals surface area contributed by atoms with Gasteiger partial charge in [-0.05, 0) is 12.0 Å². The van der Waals surface area contributed by atoms with Gasteiger partial charge < -0.3 is 5.73 Å². The number of aromatic nitrogens is 3. The van der Waals surface area contributed by atoms with E-state index < -0.39 is 5.91 Å². The molecule has 5 nitrogen and oxygen atoms in total. The van der Waals surface area contributed by atoms with Crippen molar-refractivity contribution in [3.63, 3.8) is 0 Å². The number of benzene rings is 1. The van der Waals surface area contributed by atoms with E-state index in [4.69, 9.17) is 5.73 Å². The van der Waals surface area contributed by atoms with Crippen LogP contribution in [0.3, 0.4) is 0 Å². The van der Waals surface area contributed by atoms with E-state index in [1.807, 2.05) is 24.3 Å². The first-order chi connectivity index (χ1) is 8.22. The fraction of sp³-hybridized carbons (Fsp3) is 0.250. The van der Waals surface area contributed by atoms with Crippen molar-refractivity contribution >= 4 is 5.91 Å². The van der Waals surface area contributed by atoms with Crippen molar-refractivity contribution in [2.24, 2.45) is 5.73 Å². The molecule has 0 radical (unpaired) electrons. The first kappa shape index (κ1) is 11.3. The monoisotopic (exact) mass is 230 g/mol. The van der Waals surface area contributed by atoms with Crippen LogP contribution in [0.25, 0.3) is 11.3 Å². The molecule has 1 heterocycles. The van der Waals surface area contributed by atoms with Gasteiger partial charge in [0, 0.05) is 5.56 Å². The molecular formula is C12H14N4O. The van der Waals surface area contributed by atoms with Gasteiger partial charge in [-0.3, -0.25) is 4.79 Å². The topological polar surface area (TPSA) is 84.7 Å². The van der Waals surface area contributed by atoms with Gasteiger partial charge in [-0.1, -0.05) is 37.6 Å². The summed E-state index contributed by atoms with van der Waals surface area (Å²) in [6, 6.07) is 7.90. The third-order valence-electron chi connectivity index (χ3n) is 2.55. The Morgan fingerprint density at radius 2 is 2.00 bits per heavy atom. The van der Waals surface area contributed by atoms with Gasteiger partial charge in [-0.15, -0.1) is 0 Å². The quantitative estimate of drug-likeness (QED) is 0.835. The zero-order chi connectivity index (χ0) is 12.3. The standard InChI is InChI=1S/C12H14N4O/c1-2-3-8-4-6-9(7-5-8)10-11(12(13)17)15-16-14-10/h4-7H,2-3H2,1H3,(H2,13,17)(H,14,15,16). The average Bonchev–Trinajstić information content (AvgIpc) is 2.79. The Labute approximate surface area is 99.0 Å². The summed E-state index contributed by atoms with van der Waals surface area (Å²) in [5.74, 6) is -0.577. The molecule has 3 N–H and O–H groups in total. The van der Waals surface area contributed by atoms with Gasteiger partial charge >= 0.3 is 0 Å². The summed E-state index contributed by atoms with van der Waals surface area (Å²) in [5.41, 5.74) is 7.99.